The van der Waals surface area contributed by atoms with Gasteiger partial charge in [-0.05, 0) is 43.7 Å². The summed E-state index contributed by atoms with van der Waals surface area (Å²) in [5.41, 5.74) is 3.57. The fourth-order valence-corrected chi connectivity index (χ4v) is 2.54. The molecule has 0 amide bonds. The molecule has 0 aliphatic carbocycles. The zero-order chi connectivity index (χ0) is 15.2. The van der Waals surface area contributed by atoms with Gasteiger partial charge in [0.1, 0.15) is 0 Å². The molecule has 0 radical (unpaired) electrons. The second kappa shape index (κ2) is 7.74. The van der Waals surface area contributed by atoms with Crippen molar-refractivity contribution in [2.75, 3.05) is 13.6 Å². The summed E-state index contributed by atoms with van der Waals surface area (Å²) < 4.78 is 1.04. The van der Waals surface area contributed by atoms with Crippen molar-refractivity contribution in [2.45, 2.75) is 26.0 Å². The lowest BCUT2D eigenvalue weighted by atomic mass is 10.1. The highest BCUT2D eigenvalue weighted by Crippen LogP contribution is 2.19. The molecule has 1 atom stereocenters. The molecule has 0 bridgehead atoms. The van der Waals surface area contributed by atoms with Crippen molar-refractivity contribution in [3.05, 3.63) is 69.7 Å². The summed E-state index contributed by atoms with van der Waals surface area (Å²) in [5, 5.41) is 10.2. The predicted molar refractivity (Wildman–Crippen MR) is 91.2 cm³/mol. The van der Waals surface area contributed by atoms with E-state index in [1.165, 1.54) is 11.1 Å². The van der Waals surface area contributed by atoms with Gasteiger partial charge in [0, 0.05) is 17.6 Å². The van der Waals surface area contributed by atoms with E-state index >= 15 is 0 Å². The van der Waals surface area contributed by atoms with Crippen molar-refractivity contribution >= 4 is 15.9 Å². The first-order valence-electron chi connectivity index (χ1n) is 7.22. The average molecular weight is 348 g/mol. The van der Waals surface area contributed by atoms with Crippen molar-refractivity contribution in [3.8, 4) is 0 Å². The Morgan fingerprint density at radius 1 is 1.05 bits per heavy atom. The number of hydrogen-bond donors (Lipinski definition) is 1. The Morgan fingerprint density at radius 2 is 1.67 bits per heavy atom. The molecule has 2 rings (SSSR count). The van der Waals surface area contributed by atoms with Gasteiger partial charge in [-0.3, -0.25) is 0 Å². The van der Waals surface area contributed by atoms with Crippen molar-refractivity contribution in [3.63, 3.8) is 0 Å². The lowest BCUT2D eigenvalue weighted by Gasteiger charge is -2.19. The topological polar surface area (TPSA) is 23.5 Å². The normalized spacial score (nSPS) is 12.6. The number of nitrogens with zero attached hydrogens (tertiary/aromatic N) is 1. The molecule has 0 fully saturated rings. The highest BCUT2D eigenvalue weighted by atomic mass is 79.9. The quantitative estimate of drug-likeness (QED) is 0.841. The van der Waals surface area contributed by atoms with Gasteiger partial charge in [0.05, 0.1) is 6.10 Å². The maximum Gasteiger partial charge on any atom is 0.0802 e. The van der Waals surface area contributed by atoms with Crippen LogP contribution in [0.1, 0.15) is 29.2 Å². The van der Waals surface area contributed by atoms with Crippen LogP contribution in [0.2, 0.25) is 0 Å². The van der Waals surface area contributed by atoms with Crippen LogP contribution in [0.5, 0.6) is 0 Å². The minimum absolute atomic E-state index is 0.404. The molecule has 0 aromatic heterocycles. The Bertz CT molecular complexity index is 550. The van der Waals surface area contributed by atoms with Gasteiger partial charge >= 0.3 is 0 Å². The molecule has 1 N–H and O–H groups in total. The van der Waals surface area contributed by atoms with Gasteiger partial charge < -0.3 is 10.0 Å². The van der Waals surface area contributed by atoms with Gasteiger partial charge in [-0.15, -0.1) is 0 Å². The van der Waals surface area contributed by atoms with Gasteiger partial charge in [0.15, 0.2) is 0 Å². The maximum absolute atomic E-state index is 10.2. The first-order valence-corrected chi connectivity index (χ1v) is 8.01. The number of aryl methyl sites for hydroxylation is 1. The number of aliphatic hydroxyl groups is 1. The maximum atomic E-state index is 10.2. The highest BCUT2D eigenvalue weighted by molar-refractivity contribution is 9.10. The van der Waals surface area contributed by atoms with Crippen LogP contribution in [0.3, 0.4) is 0 Å². The number of rotatable bonds is 6. The summed E-state index contributed by atoms with van der Waals surface area (Å²) >= 11 is 3.41. The number of halogens is 1. The van der Waals surface area contributed by atoms with E-state index in [1.807, 2.05) is 24.3 Å². The van der Waals surface area contributed by atoms with Gasteiger partial charge in [0.2, 0.25) is 0 Å². The highest BCUT2D eigenvalue weighted by Gasteiger charge is 2.09. The molecule has 2 aromatic rings. The molecule has 0 heterocycles. The van der Waals surface area contributed by atoms with Crippen LogP contribution >= 0.6 is 15.9 Å². The van der Waals surface area contributed by atoms with Crippen LogP contribution in [0.15, 0.2) is 53.0 Å². The molecule has 3 heteroatoms. The Balaban J connectivity index is 1.81. The van der Waals surface area contributed by atoms with Crippen molar-refractivity contribution in [2.24, 2.45) is 0 Å². The molecule has 0 spiro atoms. The van der Waals surface area contributed by atoms with Gasteiger partial charge in [-0.25, -0.2) is 0 Å². The number of benzene rings is 2. The molecular weight excluding hydrogens is 326 g/mol. The molecule has 0 saturated heterocycles. The molecular formula is C18H22BrNO. The summed E-state index contributed by atoms with van der Waals surface area (Å²) in [6, 6.07) is 16.5. The zero-order valence-electron chi connectivity index (χ0n) is 12.6. The van der Waals surface area contributed by atoms with Crippen LogP contribution in [0.4, 0.5) is 0 Å². The fourth-order valence-electron chi connectivity index (χ4n) is 2.28. The van der Waals surface area contributed by atoms with E-state index in [4.69, 9.17) is 0 Å². The van der Waals surface area contributed by atoms with Crippen molar-refractivity contribution in [1.82, 2.24) is 4.90 Å². The van der Waals surface area contributed by atoms with Crippen LogP contribution in [0, 0.1) is 6.92 Å². The Hall–Kier alpha value is -1.16. The van der Waals surface area contributed by atoms with E-state index in [0.29, 0.717) is 0 Å². The van der Waals surface area contributed by atoms with Crippen molar-refractivity contribution < 1.29 is 5.11 Å². The smallest absolute Gasteiger partial charge is 0.0802 e. The lowest BCUT2D eigenvalue weighted by molar-refractivity contribution is 0.147. The Kier molecular flexibility index (Phi) is 5.97. The summed E-state index contributed by atoms with van der Waals surface area (Å²) in [4.78, 5) is 2.24. The summed E-state index contributed by atoms with van der Waals surface area (Å²) in [6.07, 6.45) is 0.336. The van der Waals surface area contributed by atoms with E-state index in [-0.39, 0.29) is 0 Å². The molecule has 2 nitrogen and oxygen atoms in total. The minimum atomic E-state index is -0.404. The second-order valence-electron chi connectivity index (χ2n) is 5.58. The average Bonchev–Trinajstić information content (AvgIpc) is 2.48. The van der Waals surface area contributed by atoms with E-state index in [1.54, 1.807) is 0 Å². The summed E-state index contributed by atoms with van der Waals surface area (Å²) in [5.74, 6) is 0. The Labute approximate surface area is 135 Å². The van der Waals surface area contributed by atoms with E-state index in [9.17, 15) is 5.11 Å². The predicted octanol–water partition coefficient (Wildman–Crippen LogP) is 4.31. The number of hydrogen-bond acceptors (Lipinski definition) is 2. The van der Waals surface area contributed by atoms with Crippen LogP contribution < -0.4 is 0 Å². The summed E-state index contributed by atoms with van der Waals surface area (Å²) in [7, 11) is 2.09. The molecule has 0 aliphatic heterocycles. The molecule has 112 valence electrons. The van der Waals surface area contributed by atoms with Gasteiger partial charge in [-0.1, -0.05) is 57.9 Å². The van der Waals surface area contributed by atoms with E-state index in [2.05, 4.69) is 59.1 Å². The van der Waals surface area contributed by atoms with Crippen molar-refractivity contribution in [1.29, 1.82) is 0 Å². The zero-order valence-corrected chi connectivity index (χ0v) is 14.2. The molecule has 2 aromatic carbocycles. The Morgan fingerprint density at radius 3 is 2.29 bits per heavy atom. The minimum Gasteiger partial charge on any atom is -0.388 e. The fraction of sp³-hybridized carbons (Fsp3) is 0.333. The molecule has 0 saturated carbocycles. The van der Waals surface area contributed by atoms with E-state index in [0.717, 1.165) is 29.5 Å². The van der Waals surface area contributed by atoms with Gasteiger partial charge in [-0.2, -0.15) is 0 Å². The van der Waals surface area contributed by atoms with Crippen LogP contribution in [-0.4, -0.2) is 23.6 Å². The van der Waals surface area contributed by atoms with Crippen LogP contribution in [-0.2, 0) is 6.54 Å². The summed E-state index contributed by atoms with van der Waals surface area (Å²) in [6.45, 7) is 3.88. The largest absolute Gasteiger partial charge is 0.388 e. The standard InChI is InChI=1S/C18H22BrNO/c1-14-3-5-15(6-4-14)13-20(2)12-11-18(21)16-7-9-17(19)10-8-16/h3-10,18,21H,11-13H2,1-2H3. The molecule has 21 heavy (non-hydrogen) atoms. The monoisotopic (exact) mass is 347 g/mol. The van der Waals surface area contributed by atoms with Crippen LogP contribution in [0.25, 0.3) is 0 Å². The number of aliphatic hydroxyl groups excluding tert-OH is 1. The lowest BCUT2D eigenvalue weighted by Crippen LogP contribution is -2.20. The molecule has 1 unspecified atom stereocenters. The SMILES string of the molecule is Cc1ccc(CN(C)CCC(O)c2ccc(Br)cc2)cc1. The third-order valence-corrected chi connectivity index (χ3v) is 4.14. The molecule has 0 aliphatic rings. The first kappa shape index (κ1) is 16.2. The van der Waals surface area contributed by atoms with Gasteiger partial charge in [0.25, 0.3) is 0 Å². The second-order valence-corrected chi connectivity index (χ2v) is 6.50. The third kappa shape index (κ3) is 5.27. The van der Waals surface area contributed by atoms with E-state index < -0.39 is 6.10 Å². The third-order valence-electron chi connectivity index (χ3n) is 3.61. The first-order chi connectivity index (χ1) is 10.0.